The van der Waals surface area contributed by atoms with E-state index >= 15 is 0 Å². The van der Waals surface area contributed by atoms with Gasteiger partial charge in [-0.15, -0.1) is 0 Å². The number of rotatable bonds is 3. The summed E-state index contributed by atoms with van der Waals surface area (Å²) >= 11 is 3.50. The average Bonchev–Trinajstić information content (AvgIpc) is 3.23. The largest absolute Gasteiger partial charge is 0.352 e. The molecule has 0 atom stereocenters. The number of nitrogens with zero attached hydrogens (tertiary/aromatic N) is 1. The number of nitrogens with one attached hydrogen (secondary N) is 1. The zero-order valence-electron chi connectivity index (χ0n) is 13.3. The van der Waals surface area contributed by atoms with Gasteiger partial charge in [0.25, 0.3) is 5.91 Å². The molecule has 0 saturated heterocycles. The van der Waals surface area contributed by atoms with Crippen LogP contribution in [0.15, 0.2) is 22.7 Å². The first-order chi connectivity index (χ1) is 11.0. The van der Waals surface area contributed by atoms with Crippen LogP contribution in [0.1, 0.15) is 48.5 Å². The summed E-state index contributed by atoms with van der Waals surface area (Å²) in [6.07, 6.45) is 4.31. The molecule has 23 heavy (non-hydrogen) atoms. The first kappa shape index (κ1) is 15.2. The Labute approximate surface area is 144 Å². The minimum absolute atomic E-state index is 0.0119. The summed E-state index contributed by atoms with van der Waals surface area (Å²) in [5.41, 5.74) is 2.00. The molecule has 1 N–H and O–H groups in total. The molecule has 2 aliphatic carbocycles. The van der Waals surface area contributed by atoms with Crippen molar-refractivity contribution in [1.82, 2.24) is 10.2 Å². The van der Waals surface area contributed by atoms with E-state index < -0.39 is 0 Å². The number of carbonyl (C=O) groups is 2. The molecular weight excluding hydrogens is 356 g/mol. The predicted octanol–water partition coefficient (Wildman–Crippen LogP) is 2.85. The lowest BCUT2D eigenvalue weighted by Gasteiger charge is -2.36. The highest BCUT2D eigenvalue weighted by Crippen LogP contribution is 2.52. The summed E-state index contributed by atoms with van der Waals surface area (Å²) in [5.74, 6) is 0.672. The quantitative estimate of drug-likeness (QED) is 0.881. The van der Waals surface area contributed by atoms with Crippen molar-refractivity contribution in [1.29, 1.82) is 0 Å². The summed E-state index contributed by atoms with van der Waals surface area (Å²) < 4.78 is 1.01. The molecule has 4 nitrogen and oxygen atoms in total. The Morgan fingerprint density at radius 1 is 1.39 bits per heavy atom. The highest BCUT2D eigenvalue weighted by molar-refractivity contribution is 9.10. The summed E-state index contributed by atoms with van der Waals surface area (Å²) in [7, 11) is 0. The van der Waals surface area contributed by atoms with Gasteiger partial charge in [0.05, 0.1) is 6.54 Å². The highest BCUT2D eigenvalue weighted by Gasteiger charge is 2.51. The van der Waals surface area contributed by atoms with Gasteiger partial charge in [-0.3, -0.25) is 9.59 Å². The van der Waals surface area contributed by atoms with Crippen molar-refractivity contribution >= 4 is 27.7 Å². The molecule has 5 heteroatoms. The summed E-state index contributed by atoms with van der Waals surface area (Å²) in [6, 6.07) is 6.18. The molecule has 2 saturated carbocycles. The van der Waals surface area contributed by atoms with Gasteiger partial charge in [-0.2, -0.15) is 0 Å². The van der Waals surface area contributed by atoms with Crippen molar-refractivity contribution in [2.75, 3.05) is 13.1 Å². The van der Waals surface area contributed by atoms with Crippen molar-refractivity contribution in [2.45, 2.75) is 44.1 Å². The van der Waals surface area contributed by atoms with Crippen molar-refractivity contribution in [2.24, 2.45) is 5.92 Å². The highest BCUT2D eigenvalue weighted by atomic mass is 79.9. The maximum atomic E-state index is 12.7. The Balaban J connectivity index is 1.49. The second-order valence-corrected chi connectivity index (χ2v) is 8.39. The lowest BCUT2D eigenvalue weighted by atomic mass is 9.82. The van der Waals surface area contributed by atoms with Crippen LogP contribution < -0.4 is 5.32 Å². The van der Waals surface area contributed by atoms with E-state index in [9.17, 15) is 9.59 Å². The third-order valence-electron chi connectivity index (χ3n) is 5.49. The fourth-order valence-corrected chi connectivity index (χ4v) is 4.37. The van der Waals surface area contributed by atoms with Crippen LogP contribution in [0, 0.1) is 5.92 Å². The lowest BCUT2D eigenvalue weighted by Crippen LogP contribution is -2.51. The van der Waals surface area contributed by atoms with Crippen LogP contribution in [0.4, 0.5) is 0 Å². The minimum atomic E-state index is -0.0217. The first-order valence-electron chi connectivity index (χ1n) is 8.35. The van der Waals surface area contributed by atoms with Gasteiger partial charge in [-0.25, -0.2) is 0 Å². The normalized spacial score (nSPS) is 27.4. The van der Waals surface area contributed by atoms with Crippen LogP contribution in [0.25, 0.3) is 0 Å². The number of halogens is 1. The van der Waals surface area contributed by atoms with Crippen LogP contribution in [0.2, 0.25) is 0 Å². The van der Waals surface area contributed by atoms with Crippen molar-refractivity contribution in [3.8, 4) is 0 Å². The van der Waals surface area contributed by atoms with Gasteiger partial charge in [0.15, 0.2) is 0 Å². The topological polar surface area (TPSA) is 49.4 Å². The number of hydrogen-bond acceptors (Lipinski definition) is 2. The summed E-state index contributed by atoms with van der Waals surface area (Å²) in [4.78, 5) is 26.7. The van der Waals surface area contributed by atoms with E-state index in [4.69, 9.17) is 0 Å². The van der Waals surface area contributed by atoms with Crippen LogP contribution in [-0.4, -0.2) is 35.8 Å². The molecule has 4 rings (SSSR count). The molecule has 2 fully saturated rings. The summed E-state index contributed by atoms with van der Waals surface area (Å²) in [6.45, 7) is 3.05. The molecule has 1 spiro atoms. The Hall–Kier alpha value is -1.36. The Bertz CT molecular complexity index is 678. The van der Waals surface area contributed by atoms with Crippen molar-refractivity contribution in [3.05, 3.63) is 33.8 Å². The number of amides is 2. The Morgan fingerprint density at radius 2 is 2.13 bits per heavy atom. The van der Waals surface area contributed by atoms with E-state index in [2.05, 4.69) is 34.2 Å². The fraction of sp³-hybridized carbons (Fsp3) is 0.556. The van der Waals surface area contributed by atoms with Gasteiger partial charge in [0.2, 0.25) is 5.91 Å². The fourth-order valence-electron chi connectivity index (χ4n) is 4.01. The third kappa shape index (κ3) is 2.69. The predicted molar refractivity (Wildman–Crippen MR) is 91.3 cm³/mol. The van der Waals surface area contributed by atoms with Gasteiger partial charge < -0.3 is 10.2 Å². The van der Waals surface area contributed by atoms with Crippen molar-refractivity contribution in [3.63, 3.8) is 0 Å². The van der Waals surface area contributed by atoms with Gasteiger partial charge in [0.1, 0.15) is 0 Å². The van der Waals surface area contributed by atoms with Crippen molar-refractivity contribution < 1.29 is 9.59 Å². The standard InChI is InChI=1S/C18H21BrN2O2/c1-11-6-13(7-11)20-16(22)9-21-10-18(4-5-18)15-8-12(19)2-3-14(15)17(21)23/h2-3,8,11,13H,4-7,9-10H2,1H3,(H,20,22)/t11-,13+. The smallest absolute Gasteiger partial charge is 0.254 e. The first-order valence-corrected chi connectivity index (χ1v) is 9.15. The molecule has 0 bridgehead atoms. The zero-order chi connectivity index (χ0) is 16.2. The molecule has 0 radical (unpaired) electrons. The molecule has 1 aromatic carbocycles. The molecule has 2 amide bonds. The van der Waals surface area contributed by atoms with Gasteiger partial charge in [-0.1, -0.05) is 22.9 Å². The second-order valence-electron chi connectivity index (χ2n) is 7.47. The maximum Gasteiger partial charge on any atom is 0.254 e. The molecular formula is C18H21BrN2O2. The lowest BCUT2D eigenvalue weighted by molar-refractivity contribution is -0.123. The second kappa shape index (κ2) is 5.33. The number of fused-ring (bicyclic) bond motifs is 2. The molecule has 1 aromatic rings. The SMILES string of the molecule is C[C@H]1C[C@@H](NC(=O)CN2CC3(CC3)c3cc(Br)ccc3C2=O)C1. The van der Waals surface area contributed by atoms with E-state index in [1.54, 1.807) is 4.90 Å². The molecule has 1 aliphatic heterocycles. The number of hydrogen-bond donors (Lipinski definition) is 1. The van der Waals surface area contributed by atoms with Crippen LogP contribution in [-0.2, 0) is 10.2 Å². The average molecular weight is 377 g/mol. The number of carbonyl (C=O) groups excluding carboxylic acids is 2. The van der Waals surface area contributed by atoms with E-state index in [0.29, 0.717) is 18.5 Å². The molecule has 0 aromatic heterocycles. The van der Waals surface area contributed by atoms with Crippen LogP contribution >= 0.6 is 15.9 Å². The molecule has 3 aliphatic rings. The third-order valence-corrected chi connectivity index (χ3v) is 5.98. The van der Waals surface area contributed by atoms with E-state index in [0.717, 1.165) is 41.3 Å². The molecule has 1 heterocycles. The van der Waals surface area contributed by atoms with Crippen LogP contribution in [0.5, 0.6) is 0 Å². The Morgan fingerprint density at radius 3 is 2.78 bits per heavy atom. The molecule has 122 valence electrons. The maximum absolute atomic E-state index is 12.7. The Kier molecular flexibility index (Phi) is 3.52. The summed E-state index contributed by atoms with van der Waals surface area (Å²) in [5, 5.41) is 3.06. The van der Waals surface area contributed by atoms with E-state index in [1.165, 1.54) is 0 Å². The van der Waals surface area contributed by atoms with Gasteiger partial charge >= 0.3 is 0 Å². The van der Waals surface area contributed by atoms with Crippen LogP contribution in [0.3, 0.4) is 0 Å². The monoisotopic (exact) mass is 376 g/mol. The van der Waals surface area contributed by atoms with E-state index in [1.807, 2.05) is 12.1 Å². The van der Waals surface area contributed by atoms with E-state index in [-0.39, 0.29) is 23.8 Å². The minimum Gasteiger partial charge on any atom is -0.352 e. The van der Waals surface area contributed by atoms with Gasteiger partial charge in [-0.05, 0) is 55.4 Å². The zero-order valence-corrected chi connectivity index (χ0v) is 14.9. The number of benzene rings is 1. The van der Waals surface area contributed by atoms with Gasteiger partial charge in [0, 0.05) is 28.0 Å². The molecule has 0 unspecified atom stereocenters.